The molecule has 2 aromatic rings. The van der Waals surface area contributed by atoms with Gasteiger partial charge in [-0.1, -0.05) is 82.3 Å². The molecule has 0 spiro atoms. The Morgan fingerprint density at radius 3 is 1.82 bits per heavy atom. The van der Waals surface area contributed by atoms with E-state index in [1.54, 1.807) is 60.7 Å². The first kappa shape index (κ1) is 33.0. The Kier molecular flexibility index (Phi) is 13.3. The van der Waals surface area contributed by atoms with Crippen LogP contribution < -0.4 is 0 Å². The van der Waals surface area contributed by atoms with Crippen LogP contribution in [0, 0.1) is 0 Å². The molecule has 5 nitrogen and oxygen atoms in total. The molecule has 0 aliphatic rings. The second kappa shape index (κ2) is 16.1. The molecule has 0 saturated carbocycles. The van der Waals surface area contributed by atoms with Gasteiger partial charge in [-0.15, -0.1) is 0 Å². The van der Waals surface area contributed by atoms with Crippen LogP contribution in [0.25, 0.3) is 0 Å². The number of benzene rings is 2. The smallest absolute Gasteiger partial charge is 0.339 e. The zero-order chi connectivity index (χ0) is 29.6. The Morgan fingerprint density at radius 2 is 1.30 bits per heavy atom. The summed E-state index contributed by atoms with van der Waals surface area (Å²) in [7, 11) is -2.16. The van der Waals surface area contributed by atoms with E-state index in [1.165, 1.54) is 0 Å². The van der Waals surface area contributed by atoms with E-state index < -0.39 is 38.6 Å². The standard InChI is InChI=1S/C34H46O5Si/c1-8-9-10-11-12-19-24-30(37-32(35)28-20-15-13-16-21-28)25-26-31(27(2)39-40(6,7)34(3,4)5)38-33(36)29-22-17-14-18-23-29/h9-10,13-27,30-31H,8,11-12H2,1-7H3/b10-9-,24-19+,26-25-/t27-,30?,31?/m0/s1. The maximum atomic E-state index is 13.0. The highest BCUT2D eigenvalue weighted by Crippen LogP contribution is 2.38. The lowest BCUT2D eigenvalue weighted by atomic mass is 10.1. The van der Waals surface area contributed by atoms with E-state index in [0.717, 1.165) is 19.3 Å². The average molecular weight is 563 g/mol. The SMILES string of the molecule is CC/C=C\CC/C=C/C(/C=C\C(OC(=O)c1ccccc1)[C@H](C)O[Si](C)(C)C(C)(C)C)OC(=O)c1ccccc1. The summed E-state index contributed by atoms with van der Waals surface area (Å²) < 4.78 is 18.4. The summed E-state index contributed by atoms with van der Waals surface area (Å²) in [6, 6.07) is 17.8. The minimum atomic E-state index is -2.16. The van der Waals surface area contributed by atoms with Gasteiger partial charge in [0.25, 0.3) is 0 Å². The normalized spacial score (nSPS) is 14.9. The number of unbranched alkanes of at least 4 members (excludes halogenated alkanes) is 1. The maximum Gasteiger partial charge on any atom is 0.339 e. The first-order valence-electron chi connectivity index (χ1n) is 14.1. The van der Waals surface area contributed by atoms with Crippen molar-refractivity contribution < 1.29 is 23.5 Å². The molecule has 0 bridgehead atoms. The van der Waals surface area contributed by atoms with Crippen LogP contribution in [0.15, 0.2) is 97.1 Å². The molecule has 2 rings (SSSR count). The molecule has 6 heteroatoms. The zero-order valence-corrected chi connectivity index (χ0v) is 26.1. The number of esters is 2. The van der Waals surface area contributed by atoms with Crippen LogP contribution >= 0.6 is 0 Å². The minimum absolute atomic E-state index is 0.0122. The molecular formula is C34H46O5Si. The Hall–Kier alpha value is -3.22. The predicted octanol–water partition coefficient (Wildman–Crippen LogP) is 8.71. The topological polar surface area (TPSA) is 61.8 Å². The van der Waals surface area contributed by atoms with E-state index >= 15 is 0 Å². The Labute approximate surface area is 242 Å². The largest absolute Gasteiger partial charge is 0.452 e. The fraction of sp³-hybridized carbons (Fsp3) is 0.412. The maximum absolute atomic E-state index is 13.0. The van der Waals surface area contributed by atoms with Gasteiger partial charge in [-0.3, -0.25) is 0 Å². The lowest BCUT2D eigenvalue weighted by molar-refractivity contribution is 0.00849. The Bertz CT molecular complexity index is 1130. The molecule has 0 heterocycles. The van der Waals surface area contributed by atoms with E-state index in [-0.39, 0.29) is 5.04 Å². The van der Waals surface area contributed by atoms with Crippen LogP contribution in [0.3, 0.4) is 0 Å². The van der Waals surface area contributed by atoms with Gasteiger partial charge >= 0.3 is 11.9 Å². The summed E-state index contributed by atoms with van der Waals surface area (Å²) in [4.78, 5) is 25.9. The third-order valence-corrected chi connectivity index (χ3v) is 11.5. The summed E-state index contributed by atoms with van der Waals surface area (Å²) >= 11 is 0. The number of allylic oxidation sites excluding steroid dienone is 3. The molecule has 0 saturated heterocycles. The molecular weight excluding hydrogens is 516 g/mol. The second-order valence-electron chi connectivity index (χ2n) is 11.3. The molecule has 0 N–H and O–H groups in total. The lowest BCUT2D eigenvalue weighted by Gasteiger charge is -2.39. The summed E-state index contributed by atoms with van der Waals surface area (Å²) in [5.74, 6) is -0.855. The molecule has 0 aliphatic carbocycles. The highest BCUT2D eigenvalue weighted by Gasteiger charge is 2.40. The average Bonchev–Trinajstić information content (AvgIpc) is 2.92. The van der Waals surface area contributed by atoms with Crippen LogP contribution in [0.4, 0.5) is 0 Å². The Balaban J connectivity index is 2.32. The van der Waals surface area contributed by atoms with Crippen molar-refractivity contribution in [1.82, 2.24) is 0 Å². The number of hydrogen-bond acceptors (Lipinski definition) is 5. The second-order valence-corrected chi connectivity index (χ2v) is 16.1. The first-order chi connectivity index (χ1) is 18.9. The Morgan fingerprint density at radius 1 is 0.775 bits per heavy atom. The number of carbonyl (C=O) groups excluding carboxylic acids is 2. The monoisotopic (exact) mass is 562 g/mol. The fourth-order valence-corrected chi connectivity index (χ4v) is 5.02. The molecule has 0 fully saturated rings. The summed E-state index contributed by atoms with van der Waals surface area (Å²) in [6.07, 6.45) is 12.7. The molecule has 0 amide bonds. The summed E-state index contributed by atoms with van der Waals surface area (Å²) in [5.41, 5.74) is 0.939. The lowest BCUT2D eigenvalue weighted by Crippen LogP contribution is -2.46. The molecule has 0 radical (unpaired) electrons. The van der Waals surface area contributed by atoms with Gasteiger partial charge in [0.05, 0.1) is 17.2 Å². The van der Waals surface area contributed by atoms with Crippen molar-refractivity contribution in [2.75, 3.05) is 0 Å². The van der Waals surface area contributed by atoms with Gasteiger partial charge in [0.1, 0.15) is 12.2 Å². The molecule has 2 aromatic carbocycles. The van der Waals surface area contributed by atoms with Crippen molar-refractivity contribution in [1.29, 1.82) is 0 Å². The van der Waals surface area contributed by atoms with Crippen LogP contribution in [0.2, 0.25) is 18.1 Å². The highest BCUT2D eigenvalue weighted by molar-refractivity contribution is 6.74. The van der Waals surface area contributed by atoms with Crippen molar-refractivity contribution >= 4 is 20.3 Å². The third-order valence-electron chi connectivity index (χ3n) is 6.97. The van der Waals surface area contributed by atoms with Crippen molar-refractivity contribution in [3.8, 4) is 0 Å². The van der Waals surface area contributed by atoms with Crippen molar-refractivity contribution in [3.63, 3.8) is 0 Å². The minimum Gasteiger partial charge on any atom is -0.452 e. The van der Waals surface area contributed by atoms with E-state index in [1.807, 2.05) is 31.2 Å². The third kappa shape index (κ3) is 11.1. The van der Waals surface area contributed by atoms with Crippen molar-refractivity contribution in [3.05, 3.63) is 108 Å². The quantitative estimate of drug-likeness (QED) is 0.0997. The predicted molar refractivity (Wildman–Crippen MR) is 166 cm³/mol. The van der Waals surface area contributed by atoms with Crippen LogP contribution in [0.1, 0.15) is 74.6 Å². The number of carbonyl (C=O) groups is 2. The molecule has 3 atom stereocenters. The van der Waals surface area contributed by atoms with E-state index in [0.29, 0.717) is 11.1 Å². The van der Waals surface area contributed by atoms with Crippen LogP contribution in [-0.4, -0.2) is 38.6 Å². The zero-order valence-electron chi connectivity index (χ0n) is 25.1. The molecule has 2 unspecified atom stereocenters. The van der Waals surface area contributed by atoms with Gasteiger partial charge in [0, 0.05) is 0 Å². The number of hydrogen-bond donors (Lipinski definition) is 0. The fourth-order valence-electron chi connectivity index (χ4n) is 3.60. The van der Waals surface area contributed by atoms with E-state index in [4.69, 9.17) is 13.9 Å². The van der Waals surface area contributed by atoms with Gasteiger partial charge in [0.15, 0.2) is 8.32 Å². The van der Waals surface area contributed by atoms with E-state index in [2.05, 4.69) is 52.9 Å². The van der Waals surface area contributed by atoms with Crippen molar-refractivity contribution in [2.45, 2.75) is 90.3 Å². The first-order valence-corrected chi connectivity index (χ1v) is 17.0. The van der Waals surface area contributed by atoms with Crippen LogP contribution in [0.5, 0.6) is 0 Å². The van der Waals surface area contributed by atoms with Gasteiger partial charge in [0.2, 0.25) is 0 Å². The van der Waals surface area contributed by atoms with Gasteiger partial charge < -0.3 is 13.9 Å². The molecule has 40 heavy (non-hydrogen) atoms. The molecule has 0 aromatic heterocycles. The van der Waals surface area contributed by atoms with Crippen LogP contribution in [-0.2, 0) is 13.9 Å². The summed E-state index contributed by atoms with van der Waals surface area (Å²) in [5, 5.41) is -0.0122. The molecule has 0 aliphatic heterocycles. The molecule has 216 valence electrons. The van der Waals surface area contributed by atoms with E-state index in [9.17, 15) is 9.59 Å². The van der Waals surface area contributed by atoms with Crippen molar-refractivity contribution in [2.24, 2.45) is 0 Å². The van der Waals surface area contributed by atoms with Gasteiger partial charge in [-0.2, -0.15) is 0 Å². The van der Waals surface area contributed by atoms with Gasteiger partial charge in [-0.05, 0) is 86.8 Å². The summed E-state index contributed by atoms with van der Waals surface area (Å²) in [6.45, 7) is 14.9. The van der Waals surface area contributed by atoms with Gasteiger partial charge in [-0.25, -0.2) is 9.59 Å². The number of rotatable bonds is 14. The highest BCUT2D eigenvalue weighted by atomic mass is 28.4. The number of ether oxygens (including phenoxy) is 2.